The number of esters is 1. The van der Waals surface area contributed by atoms with Crippen molar-refractivity contribution < 1.29 is 14.6 Å². The van der Waals surface area contributed by atoms with Crippen molar-refractivity contribution in [3.8, 4) is 0 Å². The Kier molecular flexibility index (Phi) is 4.61. The summed E-state index contributed by atoms with van der Waals surface area (Å²) in [6.07, 6.45) is 1.08. The molecule has 0 aliphatic heterocycles. The number of benzene rings is 1. The van der Waals surface area contributed by atoms with E-state index in [1.165, 1.54) is 0 Å². The number of ether oxygens (including phenoxy) is 1. The molecule has 15 heavy (non-hydrogen) atoms. The van der Waals surface area contributed by atoms with Crippen molar-refractivity contribution >= 4 is 34.3 Å². The van der Waals surface area contributed by atoms with E-state index >= 15 is 0 Å². The number of rotatable bonds is 3. The first kappa shape index (κ1) is 12.0. The van der Waals surface area contributed by atoms with E-state index in [-0.39, 0.29) is 5.76 Å². The summed E-state index contributed by atoms with van der Waals surface area (Å²) in [4.78, 5) is 11.0. The van der Waals surface area contributed by atoms with Crippen LogP contribution in [0.2, 0.25) is 0 Å². The molecule has 1 aromatic rings. The molecule has 0 bridgehead atoms. The Balaban J connectivity index is 2.79. The van der Waals surface area contributed by atoms with Gasteiger partial charge in [-0.25, -0.2) is 4.79 Å². The van der Waals surface area contributed by atoms with Gasteiger partial charge in [-0.1, -0.05) is 12.1 Å². The van der Waals surface area contributed by atoms with Crippen LogP contribution in [0.1, 0.15) is 12.5 Å². The molecule has 0 radical (unpaired) electrons. The Morgan fingerprint density at radius 1 is 1.47 bits per heavy atom. The van der Waals surface area contributed by atoms with Crippen LogP contribution in [0.15, 0.2) is 30.3 Å². The van der Waals surface area contributed by atoms with Crippen molar-refractivity contribution in [2.75, 3.05) is 6.61 Å². The highest BCUT2D eigenvalue weighted by Crippen LogP contribution is 2.13. The lowest BCUT2D eigenvalue weighted by atomic mass is 10.2. The number of halogens is 1. The molecule has 1 rings (SSSR count). The zero-order chi connectivity index (χ0) is 11.3. The Hall–Kier alpha value is -1.04. The van der Waals surface area contributed by atoms with Gasteiger partial charge in [-0.3, -0.25) is 0 Å². The maximum Gasteiger partial charge on any atom is 0.334 e. The van der Waals surface area contributed by atoms with Gasteiger partial charge in [0, 0.05) is 9.13 Å². The van der Waals surface area contributed by atoms with E-state index in [2.05, 4.69) is 27.3 Å². The second-order valence-electron chi connectivity index (χ2n) is 2.79. The van der Waals surface area contributed by atoms with Crippen molar-refractivity contribution in [1.82, 2.24) is 0 Å². The molecular formula is C11H11IO3. The van der Waals surface area contributed by atoms with Gasteiger partial charge < -0.3 is 9.84 Å². The maximum atomic E-state index is 11.0. The largest absolute Gasteiger partial charge is 0.507 e. The quantitative estimate of drug-likeness (QED) is 0.403. The molecule has 0 fully saturated rings. The summed E-state index contributed by atoms with van der Waals surface area (Å²) in [6.45, 7) is 2.02. The van der Waals surface area contributed by atoms with E-state index in [1.54, 1.807) is 19.1 Å². The van der Waals surface area contributed by atoms with E-state index in [4.69, 9.17) is 0 Å². The van der Waals surface area contributed by atoms with E-state index in [1.807, 2.05) is 12.1 Å². The summed E-state index contributed by atoms with van der Waals surface area (Å²) in [7, 11) is 0. The van der Waals surface area contributed by atoms with Gasteiger partial charge in [0.15, 0.2) is 0 Å². The standard InChI is InChI=1S/C11H11IO3/c1-2-15-11(14)7-10(13)8-3-5-9(12)6-4-8/h3-7,13H,2H2,1H3. The molecule has 0 unspecified atom stereocenters. The summed E-state index contributed by atoms with van der Waals surface area (Å²) in [6, 6.07) is 7.19. The fraction of sp³-hybridized carbons (Fsp3) is 0.182. The third kappa shape index (κ3) is 3.91. The summed E-state index contributed by atoms with van der Waals surface area (Å²) in [5, 5.41) is 9.57. The summed E-state index contributed by atoms with van der Waals surface area (Å²) in [5.74, 6) is -0.613. The summed E-state index contributed by atoms with van der Waals surface area (Å²) in [5.41, 5.74) is 0.600. The van der Waals surface area contributed by atoms with Gasteiger partial charge in [-0.05, 0) is 41.6 Å². The van der Waals surface area contributed by atoms with Crippen LogP contribution in [-0.4, -0.2) is 17.7 Å². The molecule has 0 spiro atoms. The average Bonchev–Trinajstić information content (AvgIpc) is 2.18. The molecule has 0 aliphatic carbocycles. The van der Waals surface area contributed by atoms with Crippen LogP contribution in [0.25, 0.3) is 5.76 Å². The van der Waals surface area contributed by atoms with Crippen molar-refractivity contribution in [2.24, 2.45) is 0 Å². The number of hydrogen-bond donors (Lipinski definition) is 1. The van der Waals surface area contributed by atoms with Crippen molar-refractivity contribution in [3.05, 3.63) is 39.5 Å². The van der Waals surface area contributed by atoms with Gasteiger partial charge in [-0.2, -0.15) is 0 Å². The topological polar surface area (TPSA) is 46.5 Å². The van der Waals surface area contributed by atoms with Crippen molar-refractivity contribution in [2.45, 2.75) is 6.92 Å². The average molecular weight is 318 g/mol. The minimum Gasteiger partial charge on any atom is -0.507 e. The fourth-order valence-electron chi connectivity index (χ4n) is 1.000. The molecule has 0 saturated carbocycles. The first-order chi connectivity index (χ1) is 7.13. The van der Waals surface area contributed by atoms with Crippen LogP contribution in [0, 0.1) is 3.57 Å². The lowest BCUT2D eigenvalue weighted by Crippen LogP contribution is -2.00. The smallest absolute Gasteiger partial charge is 0.334 e. The van der Waals surface area contributed by atoms with Gasteiger partial charge >= 0.3 is 5.97 Å². The molecule has 0 atom stereocenters. The summed E-state index contributed by atoms with van der Waals surface area (Å²) < 4.78 is 5.75. The predicted octanol–water partition coefficient (Wildman–Crippen LogP) is 2.75. The van der Waals surface area contributed by atoms with Crippen LogP contribution < -0.4 is 0 Å². The zero-order valence-electron chi connectivity index (χ0n) is 8.24. The van der Waals surface area contributed by atoms with Gasteiger partial charge in [-0.15, -0.1) is 0 Å². The highest BCUT2D eigenvalue weighted by molar-refractivity contribution is 14.1. The Bertz CT molecular complexity index is 368. The van der Waals surface area contributed by atoms with E-state index in [0.29, 0.717) is 12.2 Å². The number of carbonyl (C=O) groups is 1. The molecule has 80 valence electrons. The third-order valence-corrected chi connectivity index (χ3v) is 2.40. The predicted molar refractivity (Wildman–Crippen MR) is 66.4 cm³/mol. The number of aliphatic hydroxyl groups is 1. The SMILES string of the molecule is CCOC(=O)C=C(O)c1ccc(I)cc1. The molecular weight excluding hydrogens is 307 g/mol. The van der Waals surface area contributed by atoms with Gasteiger partial charge in [0.25, 0.3) is 0 Å². The van der Waals surface area contributed by atoms with Gasteiger partial charge in [0.05, 0.1) is 12.7 Å². The number of aliphatic hydroxyl groups excluding tert-OH is 1. The molecule has 0 aromatic heterocycles. The monoisotopic (exact) mass is 318 g/mol. The molecule has 1 aromatic carbocycles. The molecule has 3 nitrogen and oxygen atoms in total. The lowest BCUT2D eigenvalue weighted by Gasteiger charge is -2.00. The van der Waals surface area contributed by atoms with E-state index in [9.17, 15) is 9.90 Å². The molecule has 1 N–H and O–H groups in total. The van der Waals surface area contributed by atoms with Crippen molar-refractivity contribution in [1.29, 1.82) is 0 Å². The van der Waals surface area contributed by atoms with Crippen LogP contribution in [0.3, 0.4) is 0 Å². The highest BCUT2D eigenvalue weighted by atomic mass is 127. The Morgan fingerprint density at radius 3 is 2.60 bits per heavy atom. The molecule has 0 saturated heterocycles. The lowest BCUT2D eigenvalue weighted by molar-refractivity contribution is -0.137. The van der Waals surface area contributed by atoms with Crippen LogP contribution in [0.5, 0.6) is 0 Å². The third-order valence-electron chi connectivity index (χ3n) is 1.68. The second kappa shape index (κ2) is 5.75. The Morgan fingerprint density at radius 2 is 2.07 bits per heavy atom. The number of hydrogen-bond acceptors (Lipinski definition) is 3. The van der Waals surface area contributed by atoms with E-state index in [0.717, 1.165) is 9.65 Å². The Labute approximate surface area is 102 Å². The molecule has 0 heterocycles. The second-order valence-corrected chi connectivity index (χ2v) is 4.03. The molecule has 0 aliphatic rings. The minimum absolute atomic E-state index is 0.0788. The normalized spacial score (nSPS) is 11.2. The molecule has 4 heteroatoms. The zero-order valence-corrected chi connectivity index (χ0v) is 10.4. The number of carbonyl (C=O) groups excluding carboxylic acids is 1. The van der Waals surface area contributed by atoms with Gasteiger partial charge in [0.1, 0.15) is 5.76 Å². The van der Waals surface area contributed by atoms with Gasteiger partial charge in [0.2, 0.25) is 0 Å². The van der Waals surface area contributed by atoms with Crippen LogP contribution in [0.4, 0.5) is 0 Å². The maximum absolute atomic E-state index is 11.0. The first-order valence-corrected chi connectivity index (χ1v) is 5.54. The van der Waals surface area contributed by atoms with Crippen molar-refractivity contribution in [3.63, 3.8) is 0 Å². The minimum atomic E-state index is -0.534. The molecule has 0 amide bonds. The van der Waals surface area contributed by atoms with Crippen LogP contribution >= 0.6 is 22.6 Å². The highest BCUT2D eigenvalue weighted by Gasteiger charge is 2.03. The van der Waals surface area contributed by atoms with Crippen LogP contribution in [-0.2, 0) is 9.53 Å². The van der Waals surface area contributed by atoms with E-state index < -0.39 is 5.97 Å². The first-order valence-electron chi connectivity index (χ1n) is 4.47. The fourth-order valence-corrected chi connectivity index (χ4v) is 1.36. The summed E-state index contributed by atoms with van der Waals surface area (Å²) >= 11 is 2.17.